The zero-order chi connectivity index (χ0) is 15.7. The van der Waals surface area contributed by atoms with Crippen molar-refractivity contribution in [3.05, 3.63) is 28.2 Å². The molecule has 120 valence electrons. The van der Waals surface area contributed by atoms with Gasteiger partial charge in [-0.25, -0.2) is 13.1 Å². The Balaban J connectivity index is 2.46. The fourth-order valence-corrected chi connectivity index (χ4v) is 3.79. The summed E-state index contributed by atoms with van der Waals surface area (Å²) >= 11 is 3.26. The molecule has 0 heterocycles. The number of nitrogens with two attached hydrogens (primary N) is 1. The summed E-state index contributed by atoms with van der Waals surface area (Å²) in [4.78, 5) is 0.208. The van der Waals surface area contributed by atoms with Crippen LogP contribution in [-0.4, -0.2) is 41.9 Å². The van der Waals surface area contributed by atoms with Gasteiger partial charge < -0.3 is 15.2 Å². The summed E-state index contributed by atoms with van der Waals surface area (Å²) in [7, 11) is -1.93. The average Bonchev–Trinajstić information content (AvgIpc) is 2.45. The van der Waals surface area contributed by atoms with E-state index in [4.69, 9.17) is 15.2 Å². The predicted octanol–water partition coefficient (Wildman–Crippen LogP) is 1.24. The molecular weight excluding hydrogens is 360 g/mol. The van der Waals surface area contributed by atoms with Crippen molar-refractivity contribution < 1.29 is 17.9 Å². The van der Waals surface area contributed by atoms with Crippen molar-refractivity contribution in [2.45, 2.75) is 17.9 Å². The molecule has 0 fully saturated rings. The van der Waals surface area contributed by atoms with Crippen LogP contribution < -0.4 is 10.5 Å². The molecular formula is C13H21BrN2O4S. The van der Waals surface area contributed by atoms with Crippen LogP contribution in [0.4, 0.5) is 0 Å². The maximum absolute atomic E-state index is 12.2. The van der Waals surface area contributed by atoms with Gasteiger partial charge in [0.2, 0.25) is 10.0 Å². The number of sulfonamides is 1. The number of hydrogen-bond donors (Lipinski definition) is 2. The largest absolute Gasteiger partial charge is 0.382 e. The Morgan fingerprint density at radius 3 is 2.67 bits per heavy atom. The van der Waals surface area contributed by atoms with E-state index in [-0.39, 0.29) is 4.90 Å². The number of methoxy groups -OCH3 is 1. The zero-order valence-electron chi connectivity index (χ0n) is 12.0. The van der Waals surface area contributed by atoms with Crippen molar-refractivity contribution in [1.29, 1.82) is 0 Å². The highest BCUT2D eigenvalue weighted by Gasteiger charge is 2.16. The summed E-state index contributed by atoms with van der Waals surface area (Å²) < 4.78 is 37.5. The molecule has 0 bridgehead atoms. The van der Waals surface area contributed by atoms with Crippen LogP contribution >= 0.6 is 15.9 Å². The highest BCUT2D eigenvalue weighted by atomic mass is 79.9. The molecule has 8 heteroatoms. The molecule has 0 aliphatic heterocycles. The van der Waals surface area contributed by atoms with E-state index in [1.54, 1.807) is 25.3 Å². The number of ether oxygens (including phenoxy) is 2. The minimum atomic E-state index is -3.53. The van der Waals surface area contributed by atoms with E-state index < -0.39 is 10.0 Å². The van der Waals surface area contributed by atoms with Gasteiger partial charge in [0.05, 0.1) is 18.1 Å². The van der Waals surface area contributed by atoms with Crippen LogP contribution in [0.3, 0.4) is 0 Å². The van der Waals surface area contributed by atoms with Crippen LogP contribution in [0.5, 0.6) is 0 Å². The van der Waals surface area contributed by atoms with Crippen molar-refractivity contribution in [3.8, 4) is 0 Å². The highest BCUT2D eigenvalue weighted by molar-refractivity contribution is 9.10. The van der Waals surface area contributed by atoms with Crippen molar-refractivity contribution in [2.75, 3.05) is 33.5 Å². The summed E-state index contributed by atoms with van der Waals surface area (Å²) in [5.41, 5.74) is 6.39. The van der Waals surface area contributed by atoms with Crippen LogP contribution in [0.2, 0.25) is 0 Å². The quantitative estimate of drug-likeness (QED) is 0.595. The van der Waals surface area contributed by atoms with Gasteiger partial charge in [-0.1, -0.05) is 6.07 Å². The molecule has 0 spiro atoms. The molecule has 1 rings (SSSR count). The normalized spacial score (nSPS) is 11.8. The van der Waals surface area contributed by atoms with Crippen molar-refractivity contribution in [2.24, 2.45) is 5.73 Å². The number of benzene rings is 1. The topological polar surface area (TPSA) is 90.6 Å². The van der Waals surface area contributed by atoms with Crippen molar-refractivity contribution in [3.63, 3.8) is 0 Å². The summed E-state index contributed by atoms with van der Waals surface area (Å²) in [5.74, 6) is 0. The van der Waals surface area contributed by atoms with Crippen LogP contribution in [0.1, 0.15) is 12.0 Å². The Labute approximate surface area is 134 Å². The first-order chi connectivity index (χ1) is 10.0. The SMILES string of the molecule is COCCOCCCNS(=O)(=O)c1ccc(CN)cc1Br. The molecule has 0 saturated carbocycles. The summed E-state index contributed by atoms with van der Waals surface area (Å²) in [6, 6.07) is 4.96. The second-order valence-corrected chi connectivity index (χ2v) is 6.92. The first kappa shape index (κ1) is 18.5. The summed E-state index contributed by atoms with van der Waals surface area (Å²) in [5, 5.41) is 0. The second-order valence-electron chi connectivity index (χ2n) is 4.33. The van der Waals surface area contributed by atoms with Crippen LogP contribution in [0.15, 0.2) is 27.6 Å². The third kappa shape index (κ3) is 6.41. The second kappa shape index (κ2) is 9.50. The monoisotopic (exact) mass is 380 g/mol. The Hall–Kier alpha value is -0.510. The molecule has 0 radical (unpaired) electrons. The van der Waals surface area contributed by atoms with Gasteiger partial charge in [-0.2, -0.15) is 0 Å². The van der Waals surface area contributed by atoms with Crippen LogP contribution in [0, 0.1) is 0 Å². The molecule has 1 aromatic carbocycles. The van der Waals surface area contributed by atoms with Crippen LogP contribution in [-0.2, 0) is 26.0 Å². The molecule has 0 amide bonds. The van der Waals surface area contributed by atoms with E-state index in [2.05, 4.69) is 20.7 Å². The molecule has 1 aromatic rings. The van der Waals surface area contributed by atoms with E-state index >= 15 is 0 Å². The van der Waals surface area contributed by atoms with Gasteiger partial charge in [0.25, 0.3) is 0 Å². The smallest absolute Gasteiger partial charge is 0.241 e. The van der Waals surface area contributed by atoms with Gasteiger partial charge in [-0.15, -0.1) is 0 Å². The lowest BCUT2D eigenvalue weighted by atomic mass is 10.2. The predicted molar refractivity (Wildman–Crippen MR) is 84.5 cm³/mol. The number of halogens is 1. The van der Waals surface area contributed by atoms with E-state index in [1.165, 1.54) is 0 Å². The van der Waals surface area contributed by atoms with Crippen molar-refractivity contribution >= 4 is 26.0 Å². The summed E-state index contributed by atoms with van der Waals surface area (Å²) in [6.07, 6.45) is 0.599. The number of nitrogens with one attached hydrogen (secondary N) is 1. The Morgan fingerprint density at radius 2 is 2.05 bits per heavy atom. The molecule has 6 nitrogen and oxygen atoms in total. The van der Waals surface area contributed by atoms with E-state index in [1.807, 2.05) is 0 Å². The van der Waals surface area contributed by atoms with E-state index in [0.29, 0.717) is 43.8 Å². The fraction of sp³-hybridized carbons (Fsp3) is 0.538. The molecule has 0 aliphatic carbocycles. The molecule has 3 N–H and O–H groups in total. The first-order valence-electron chi connectivity index (χ1n) is 6.56. The highest BCUT2D eigenvalue weighted by Crippen LogP contribution is 2.22. The number of rotatable bonds is 10. The molecule has 0 atom stereocenters. The minimum Gasteiger partial charge on any atom is -0.382 e. The number of hydrogen-bond acceptors (Lipinski definition) is 5. The van der Waals surface area contributed by atoms with Gasteiger partial charge in [-0.05, 0) is 40.0 Å². The Bertz CT molecular complexity index is 537. The fourth-order valence-electron chi connectivity index (χ4n) is 1.59. The van der Waals surface area contributed by atoms with Gasteiger partial charge >= 0.3 is 0 Å². The maximum Gasteiger partial charge on any atom is 0.241 e. The zero-order valence-corrected chi connectivity index (χ0v) is 14.4. The van der Waals surface area contributed by atoms with E-state index in [9.17, 15) is 8.42 Å². The minimum absolute atomic E-state index is 0.208. The first-order valence-corrected chi connectivity index (χ1v) is 8.83. The third-order valence-corrected chi connectivity index (χ3v) is 5.15. The molecule has 21 heavy (non-hydrogen) atoms. The van der Waals surface area contributed by atoms with E-state index in [0.717, 1.165) is 5.56 Å². The molecule has 0 aromatic heterocycles. The maximum atomic E-state index is 12.2. The Morgan fingerprint density at radius 1 is 1.29 bits per heavy atom. The standard InChI is InChI=1S/C13H21BrN2O4S/c1-19-7-8-20-6-2-5-16-21(17,18)13-4-3-11(10-15)9-12(13)14/h3-4,9,16H,2,5-8,10,15H2,1H3. The Kier molecular flexibility index (Phi) is 8.38. The van der Waals surface area contributed by atoms with Crippen LogP contribution in [0.25, 0.3) is 0 Å². The van der Waals surface area contributed by atoms with Crippen molar-refractivity contribution in [1.82, 2.24) is 4.72 Å². The lowest BCUT2D eigenvalue weighted by Gasteiger charge is -2.10. The van der Waals surface area contributed by atoms with Gasteiger partial charge in [0.1, 0.15) is 0 Å². The van der Waals surface area contributed by atoms with Gasteiger partial charge in [0.15, 0.2) is 0 Å². The third-order valence-electron chi connectivity index (χ3n) is 2.71. The molecule has 0 aliphatic rings. The lowest BCUT2D eigenvalue weighted by Crippen LogP contribution is -2.26. The molecule has 0 saturated heterocycles. The summed E-state index contributed by atoms with van der Waals surface area (Å²) in [6.45, 7) is 2.21. The molecule has 0 unspecified atom stereocenters. The lowest BCUT2D eigenvalue weighted by molar-refractivity contribution is 0.0699. The van der Waals surface area contributed by atoms with Gasteiger partial charge in [0, 0.05) is 31.3 Å². The van der Waals surface area contributed by atoms with Gasteiger partial charge in [-0.3, -0.25) is 0 Å². The average molecular weight is 381 g/mol.